The minimum absolute atomic E-state index is 0.0513. The molecule has 0 saturated heterocycles. The Balaban J connectivity index is 2.79. The first kappa shape index (κ1) is 14.5. The van der Waals surface area contributed by atoms with Crippen LogP contribution in [0.3, 0.4) is 0 Å². The van der Waals surface area contributed by atoms with Gasteiger partial charge in [0.2, 0.25) is 10.0 Å². The molecule has 0 radical (unpaired) electrons. The number of hydrogen-bond donors (Lipinski definition) is 1. The first-order valence-corrected chi connectivity index (χ1v) is 8.27. The normalized spacial score (nSPS) is 13.6. The number of aryl methyl sites for hydroxylation is 1. The van der Waals surface area contributed by atoms with Gasteiger partial charge in [-0.1, -0.05) is 25.1 Å². The lowest BCUT2D eigenvalue weighted by molar-refractivity contribution is 0.570. The van der Waals surface area contributed by atoms with Gasteiger partial charge in [0, 0.05) is 11.8 Å². The predicted molar refractivity (Wildman–Crippen MR) is 74.0 cm³/mol. The SMILES string of the molecule is CCSCC(C)NS(=O)(=O)c1ccccc1C. The molecular formula is C12H19NO2S2. The summed E-state index contributed by atoms with van der Waals surface area (Å²) in [5.41, 5.74) is 0.773. The lowest BCUT2D eigenvalue weighted by Gasteiger charge is -2.14. The van der Waals surface area contributed by atoms with Crippen molar-refractivity contribution >= 4 is 21.8 Å². The Morgan fingerprint density at radius 1 is 1.35 bits per heavy atom. The van der Waals surface area contributed by atoms with Crippen LogP contribution in [0.15, 0.2) is 29.2 Å². The highest BCUT2D eigenvalue weighted by Crippen LogP contribution is 2.15. The highest BCUT2D eigenvalue weighted by Gasteiger charge is 2.18. The summed E-state index contributed by atoms with van der Waals surface area (Å²) in [5, 5.41) is 0. The van der Waals surface area contributed by atoms with Crippen molar-refractivity contribution in [1.29, 1.82) is 0 Å². The molecule has 17 heavy (non-hydrogen) atoms. The summed E-state index contributed by atoms with van der Waals surface area (Å²) in [6.07, 6.45) is 0. The summed E-state index contributed by atoms with van der Waals surface area (Å²) in [6.45, 7) is 5.76. The van der Waals surface area contributed by atoms with Crippen LogP contribution >= 0.6 is 11.8 Å². The van der Waals surface area contributed by atoms with Crippen LogP contribution in [-0.4, -0.2) is 26.0 Å². The molecule has 1 unspecified atom stereocenters. The fraction of sp³-hybridized carbons (Fsp3) is 0.500. The molecule has 5 heteroatoms. The number of hydrogen-bond acceptors (Lipinski definition) is 3. The van der Waals surface area contributed by atoms with E-state index in [9.17, 15) is 8.42 Å². The molecule has 0 aromatic heterocycles. The van der Waals surface area contributed by atoms with Crippen LogP contribution in [0.1, 0.15) is 19.4 Å². The van der Waals surface area contributed by atoms with Crippen LogP contribution in [0.5, 0.6) is 0 Å². The van der Waals surface area contributed by atoms with Gasteiger partial charge in [0.25, 0.3) is 0 Å². The molecule has 3 nitrogen and oxygen atoms in total. The minimum atomic E-state index is -3.38. The average molecular weight is 273 g/mol. The van der Waals surface area contributed by atoms with E-state index in [0.29, 0.717) is 4.90 Å². The van der Waals surface area contributed by atoms with Gasteiger partial charge >= 0.3 is 0 Å². The van der Waals surface area contributed by atoms with Crippen molar-refractivity contribution in [3.63, 3.8) is 0 Å². The summed E-state index contributed by atoms with van der Waals surface area (Å²) < 4.78 is 26.9. The maximum Gasteiger partial charge on any atom is 0.241 e. The van der Waals surface area contributed by atoms with Gasteiger partial charge < -0.3 is 0 Å². The summed E-state index contributed by atoms with van der Waals surface area (Å²) in [5.74, 6) is 1.79. The number of rotatable bonds is 6. The Morgan fingerprint density at radius 3 is 2.59 bits per heavy atom. The fourth-order valence-electron chi connectivity index (χ4n) is 1.51. The summed E-state index contributed by atoms with van der Waals surface area (Å²) in [4.78, 5) is 0.369. The van der Waals surface area contributed by atoms with Crippen molar-refractivity contribution in [2.24, 2.45) is 0 Å². The Hall–Kier alpha value is -0.520. The second-order valence-corrected chi connectivity index (χ2v) is 6.95. The van der Waals surface area contributed by atoms with Crippen LogP contribution in [0.4, 0.5) is 0 Å². The quantitative estimate of drug-likeness (QED) is 0.866. The second kappa shape index (κ2) is 6.42. The van der Waals surface area contributed by atoms with Crippen molar-refractivity contribution < 1.29 is 8.42 Å². The Kier molecular flexibility index (Phi) is 5.49. The van der Waals surface area contributed by atoms with E-state index in [2.05, 4.69) is 11.6 Å². The Morgan fingerprint density at radius 2 is 2.00 bits per heavy atom. The molecule has 0 spiro atoms. The van der Waals surface area contributed by atoms with Crippen molar-refractivity contribution in [3.8, 4) is 0 Å². The van der Waals surface area contributed by atoms with E-state index in [-0.39, 0.29) is 6.04 Å². The molecule has 0 aliphatic rings. The van der Waals surface area contributed by atoms with Crippen molar-refractivity contribution in [1.82, 2.24) is 4.72 Å². The van der Waals surface area contributed by atoms with Gasteiger partial charge in [-0.05, 0) is 31.2 Å². The predicted octanol–water partition coefficient (Wildman–Crippen LogP) is 2.41. The van der Waals surface area contributed by atoms with Gasteiger partial charge in [0.1, 0.15) is 0 Å². The summed E-state index contributed by atoms with van der Waals surface area (Å²) in [6, 6.07) is 6.97. The van der Waals surface area contributed by atoms with Gasteiger partial charge in [0.05, 0.1) is 4.90 Å². The van der Waals surface area contributed by atoms with E-state index in [1.54, 1.807) is 36.9 Å². The Labute approximate surface area is 108 Å². The molecule has 0 heterocycles. The molecule has 96 valence electrons. The molecule has 1 rings (SSSR count). The Bertz CT molecular complexity index is 457. The number of benzene rings is 1. The van der Waals surface area contributed by atoms with Crippen LogP contribution in [0.25, 0.3) is 0 Å². The first-order chi connectivity index (χ1) is 7.97. The lowest BCUT2D eigenvalue weighted by atomic mass is 10.2. The van der Waals surface area contributed by atoms with Gasteiger partial charge in [0.15, 0.2) is 0 Å². The van der Waals surface area contributed by atoms with Crippen molar-refractivity contribution in [2.45, 2.75) is 31.7 Å². The zero-order chi connectivity index (χ0) is 12.9. The molecule has 1 atom stereocenters. The molecule has 0 aliphatic heterocycles. The third kappa shape index (κ3) is 4.33. The second-order valence-electron chi connectivity index (χ2n) is 3.95. The van der Waals surface area contributed by atoms with Crippen LogP contribution in [0.2, 0.25) is 0 Å². The lowest BCUT2D eigenvalue weighted by Crippen LogP contribution is -2.34. The van der Waals surface area contributed by atoms with Gasteiger partial charge in [-0.2, -0.15) is 11.8 Å². The molecule has 0 amide bonds. The highest BCUT2D eigenvalue weighted by atomic mass is 32.2. The molecular weight excluding hydrogens is 254 g/mol. The molecule has 0 fully saturated rings. The molecule has 0 bridgehead atoms. The third-order valence-corrected chi connectivity index (χ3v) is 5.21. The minimum Gasteiger partial charge on any atom is -0.208 e. The topological polar surface area (TPSA) is 46.2 Å². The zero-order valence-electron chi connectivity index (χ0n) is 10.4. The maximum absolute atomic E-state index is 12.1. The molecule has 1 N–H and O–H groups in total. The van der Waals surface area contributed by atoms with Crippen LogP contribution in [0, 0.1) is 6.92 Å². The van der Waals surface area contributed by atoms with Gasteiger partial charge in [-0.3, -0.25) is 0 Å². The number of nitrogens with one attached hydrogen (secondary N) is 1. The van der Waals surface area contributed by atoms with E-state index < -0.39 is 10.0 Å². The highest BCUT2D eigenvalue weighted by molar-refractivity contribution is 7.99. The summed E-state index contributed by atoms with van der Waals surface area (Å²) >= 11 is 1.73. The smallest absolute Gasteiger partial charge is 0.208 e. The zero-order valence-corrected chi connectivity index (χ0v) is 12.1. The summed E-state index contributed by atoms with van der Waals surface area (Å²) in [7, 11) is -3.38. The molecule has 1 aromatic carbocycles. The maximum atomic E-state index is 12.1. The largest absolute Gasteiger partial charge is 0.241 e. The monoisotopic (exact) mass is 273 g/mol. The molecule has 0 saturated carbocycles. The molecule has 1 aromatic rings. The van der Waals surface area contributed by atoms with Crippen LogP contribution < -0.4 is 4.72 Å². The fourth-order valence-corrected chi connectivity index (χ4v) is 3.78. The standard InChI is InChI=1S/C12H19NO2S2/c1-4-16-9-11(3)13-17(14,15)12-8-6-5-7-10(12)2/h5-8,11,13H,4,9H2,1-3H3. The van der Waals surface area contributed by atoms with Gasteiger partial charge in [-0.25, -0.2) is 13.1 Å². The van der Waals surface area contributed by atoms with E-state index in [4.69, 9.17) is 0 Å². The first-order valence-electron chi connectivity index (χ1n) is 5.63. The van der Waals surface area contributed by atoms with E-state index in [0.717, 1.165) is 17.1 Å². The van der Waals surface area contributed by atoms with E-state index in [1.807, 2.05) is 13.0 Å². The van der Waals surface area contributed by atoms with Crippen molar-refractivity contribution in [2.75, 3.05) is 11.5 Å². The third-order valence-electron chi connectivity index (χ3n) is 2.31. The van der Waals surface area contributed by atoms with E-state index in [1.165, 1.54) is 0 Å². The van der Waals surface area contributed by atoms with Gasteiger partial charge in [-0.15, -0.1) is 0 Å². The number of sulfonamides is 1. The molecule has 0 aliphatic carbocycles. The van der Waals surface area contributed by atoms with Crippen molar-refractivity contribution in [3.05, 3.63) is 29.8 Å². The van der Waals surface area contributed by atoms with Crippen LogP contribution in [-0.2, 0) is 10.0 Å². The number of thioether (sulfide) groups is 1. The average Bonchev–Trinajstić information content (AvgIpc) is 2.26. The van der Waals surface area contributed by atoms with E-state index >= 15 is 0 Å².